The largest absolute Gasteiger partial charge is 0.483 e. The second-order valence-electron chi connectivity index (χ2n) is 5.33. The Hall–Kier alpha value is -3.42. The predicted octanol–water partition coefficient (Wildman–Crippen LogP) is 2.84. The van der Waals surface area contributed by atoms with Crippen LogP contribution in [0.3, 0.4) is 0 Å². The smallest absolute Gasteiger partial charge is 0.309 e. The Morgan fingerprint density at radius 1 is 1.32 bits per heavy atom. The van der Waals surface area contributed by atoms with E-state index in [-0.39, 0.29) is 24.7 Å². The SMILES string of the molecule is COC(=O)Cc1ccc(NC2=Nc3ccc([N+](=O)[O-])cc3OC2)cc1. The summed E-state index contributed by atoms with van der Waals surface area (Å²) in [5, 5.41) is 13.9. The first-order valence-electron chi connectivity index (χ1n) is 7.47. The van der Waals surface area contributed by atoms with Gasteiger partial charge in [-0.2, -0.15) is 0 Å². The van der Waals surface area contributed by atoms with E-state index in [2.05, 4.69) is 15.0 Å². The molecule has 0 amide bonds. The fourth-order valence-corrected chi connectivity index (χ4v) is 2.32. The molecule has 0 saturated carbocycles. The molecule has 0 fully saturated rings. The number of non-ortho nitro benzene ring substituents is 1. The lowest BCUT2D eigenvalue weighted by Gasteiger charge is -2.18. The maximum atomic E-state index is 11.3. The molecular weight excluding hydrogens is 326 g/mol. The molecule has 0 radical (unpaired) electrons. The molecule has 25 heavy (non-hydrogen) atoms. The first-order valence-corrected chi connectivity index (χ1v) is 7.47. The van der Waals surface area contributed by atoms with E-state index in [0.717, 1.165) is 11.3 Å². The van der Waals surface area contributed by atoms with Gasteiger partial charge >= 0.3 is 5.97 Å². The minimum absolute atomic E-state index is 0.0356. The Labute approximate surface area is 143 Å². The predicted molar refractivity (Wildman–Crippen MR) is 91.5 cm³/mol. The van der Waals surface area contributed by atoms with Crippen LogP contribution >= 0.6 is 0 Å². The van der Waals surface area contributed by atoms with Crippen molar-refractivity contribution in [1.29, 1.82) is 0 Å². The van der Waals surface area contributed by atoms with Crippen molar-refractivity contribution in [1.82, 2.24) is 0 Å². The number of nitro groups is 1. The van der Waals surface area contributed by atoms with Gasteiger partial charge in [-0.3, -0.25) is 14.9 Å². The van der Waals surface area contributed by atoms with Crippen LogP contribution in [0.15, 0.2) is 47.5 Å². The van der Waals surface area contributed by atoms with Gasteiger partial charge in [-0.15, -0.1) is 0 Å². The highest BCUT2D eigenvalue weighted by atomic mass is 16.6. The zero-order valence-corrected chi connectivity index (χ0v) is 13.4. The lowest BCUT2D eigenvalue weighted by Crippen LogP contribution is -2.23. The number of nitrogens with zero attached hydrogens (tertiary/aromatic N) is 2. The summed E-state index contributed by atoms with van der Waals surface area (Å²) >= 11 is 0. The lowest BCUT2D eigenvalue weighted by molar-refractivity contribution is -0.384. The van der Waals surface area contributed by atoms with Crippen molar-refractivity contribution >= 4 is 28.9 Å². The molecule has 0 atom stereocenters. The topological polar surface area (TPSA) is 103 Å². The molecule has 0 unspecified atom stereocenters. The van der Waals surface area contributed by atoms with E-state index in [4.69, 9.17) is 4.74 Å². The molecule has 3 rings (SSSR count). The Morgan fingerprint density at radius 3 is 2.76 bits per heavy atom. The molecule has 0 aromatic heterocycles. The molecule has 0 bridgehead atoms. The van der Waals surface area contributed by atoms with Gasteiger partial charge in [-0.05, 0) is 23.8 Å². The van der Waals surface area contributed by atoms with Crippen molar-refractivity contribution in [2.24, 2.45) is 4.99 Å². The van der Waals surface area contributed by atoms with Gasteiger partial charge in [-0.25, -0.2) is 4.99 Å². The van der Waals surface area contributed by atoms with Gasteiger partial charge < -0.3 is 14.8 Å². The first kappa shape index (κ1) is 16.4. The molecule has 0 saturated heterocycles. The van der Waals surface area contributed by atoms with Crippen LogP contribution in [0.1, 0.15) is 5.56 Å². The van der Waals surface area contributed by atoms with Crippen molar-refractivity contribution in [2.75, 3.05) is 19.0 Å². The first-order chi connectivity index (χ1) is 12.0. The molecule has 2 aromatic carbocycles. The van der Waals surface area contributed by atoms with Crippen LogP contribution in [0.4, 0.5) is 17.1 Å². The summed E-state index contributed by atoms with van der Waals surface area (Å²) in [4.78, 5) is 26.0. The Balaban J connectivity index is 1.71. The number of hydrogen-bond donors (Lipinski definition) is 1. The Kier molecular flexibility index (Phi) is 4.60. The number of carbonyl (C=O) groups excluding carboxylic acids is 1. The number of aliphatic imine (C=N–C) groups is 1. The summed E-state index contributed by atoms with van der Waals surface area (Å²) in [6.45, 7) is 0.179. The fraction of sp³-hybridized carbons (Fsp3) is 0.176. The van der Waals surface area contributed by atoms with Crippen LogP contribution in [0.5, 0.6) is 5.75 Å². The number of carbonyl (C=O) groups is 1. The molecule has 1 aliphatic heterocycles. The van der Waals surface area contributed by atoms with E-state index < -0.39 is 4.92 Å². The van der Waals surface area contributed by atoms with Gasteiger partial charge in [0.05, 0.1) is 24.5 Å². The van der Waals surface area contributed by atoms with Gasteiger partial charge in [0, 0.05) is 11.8 Å². The highest BCUT2D eigenvalue weighted by Gasteiger charge is 2.17. The number of benzene rings is 2. The van der Waals surface area contributed by atoms with Crippen molar-refractivity contribution in [2.45, 2.75) is 6.42 Å². The van der Waals surface area contributed by atoms with Crippen LogP contribution in [-0.4, -0.2) is 30.4 Å². The molecule has 1 N–H and O–H groups in total. The second-order valence-corrected chi connectivity index (χ2v) is 5.33. The molecule has 128 valence electrons. The lowest BCUT2D eigenvalue weighted by atomic mass is 10.1. The van der Waals surface area contributed by atoms with Crippen molar-refractivity contribution in [3.8, 4) is 5.75 Å². The van der Waals surface area contributed by atoms with Gasteiger partial charge in [0.25, 0.3) is 5.69 Å². The van der Waals surface area contributed by atoms with Crippen molar-refractivity contribution < 1.29 is 19.2 Å². The summed E-state index contributed by atoms with van der Waals surface area (Å²) in [6, 6.07) is 11.6. The van der Waals surface area contributed by atoms with Gasteiger partial charge in [0.1, 0.15) is 18.1 Å². The number of esters is 1. The summed E-state index contributed by atoms with van der Waals surface area (Å²) in [5.74, 6) is 0.673. The summed E-state index contributed by atoms with van der Waals surface area (Å²) in [5.41, 5.74) is 2.13. The molecule has 8 nitrogen and oxygen atoms in total. The van der Waals surface area contributed by atoms with E-state index in [1.807, 2.05) is 24.3 Å². The highest BCUT2D eigenvalue weighted by Crippen LogP contribution is 2.34. The van der Waals surface area contributed by atoms with Gasteiger partial charge in [-0.1, -0.05) is 12.1 Å². The van der Waals surface area contributed by atoms with E-state index in [9.17, 15) is 14.9 Å². The monoisotopic (exact) mass is 341 g/mol. The minimum atomic E-state index is -0.475. The number of methoxy groups -OCH3 is 1. The highest BCUT2D eigenvalue weighted by molar-refractivity contribution is 5.99. The Morgan fingerprint density at radius 2 is 2.08 bits per heavy atom. The summed E-state index contributed by atoms with van der Waals surface area (Å²) < 4.78 is 10.2. The molecule has 1 heterocycles. The number of nitro benzene ring substituents is 1. The summed E-state index contributed by atoms with van der Waals surface area (Å²) in [7, 11) is 1.35. The molecule has 0 aliphatic carbocycles. The molecular formula is C17H15N3O5. The van der Waals surface area contributed by atoms with E-state index >= 15 is 0 Å². The third-order valence-electron chi connectivity index (χ3n) is 3.59. The van der Waals surface area contributed by atoms with Crippen LogP contribution in [0.25, 0.3) is 0 Å². The minimum Gasteiger partial charge on any atom is -0.483 e. The van der Waals surface area contributed by atoms with E-state index in [0.29, 0.717) is 17.3 Å². The third kappa shape index (κ3) is 3.92. The number of rotatable bonds is 4. The van der Waals surface area contributed by atoms with Crippen molar-refractivity contribution in [3.05, 3.63) is 58.1 Å². The van der Waals surface area contributed by atoms with Crippen LogP contribution in [0, 0.1) is 10.1 Å². The van der Waals surface area contributed by atoms with Gasteiger partial charge in [0.2, 0.25) is 0 Å². The zero-order chi connectivity index (χ0) is 17.8. The average Bonchev–Trinajstić information content (AvgIpc) is 2.62. The molecule has 8 heteroatoms. The van der Waals surface area contributed by atoms with E-state index in [1.54, 1.807) is 6.07 Å². The number of hydrogen-bond acceptors (Lipinski definition) is 7. The number of amidine groups is 1. The van der Waals surface area contributed by atoms with Crippen molar-refractivity contribution in [3.63, 3.8) is 0 Å². The number of fused-ring (bicyclic) bond motifs is 1. The number of ether oxygens (including phenoxy) is 2. The van der Waals surface area contributed by atoms with Gasteiger partial charge in [0.15, 0.2) is 5.75 Å². The normalized spacial score (nSPS) is 12.4. The van der Waals surface area contributed by atoms with Crippen LogP contribution < -0.4 is 10.1 Å². The molecule has 1 aliphatic rings. The average molecular weight is 341 g/mol. The quantitative estimate of drug-likeness (QED) is 0.521. The number of nitrogens with one attached hydrogen (secondary N) is 1. The molecule has 0 spiro atoms. The van der Waals surface area contributed by atoms with E-state index in [1.165, 1.54) is 19.2 Å². The maximum absolute atomic E-state index is 11.3. The third-order valence-corrected chi connectivity index (χ3v) is 3.59. The second kappa shape index (κ2) is 7.00. The van der Waals surface area contributed by atoms with Crippen LogP contribution in [0.2, 0.25) is 0 Å². The maximum Gasteiger partial charge on any atom is 0.309 e. The number of anilines is 1. The molecule has 2 aromatic rings. The Bertz CT molecular complexity index is 846. The zero-order valence-electron chi connectivity index (χ0n) is 13.4. The standard InChI is InChI=1S/C17H15N3O5/c1-24-17(21)8-11-2-4-12(5-3-11)18-16-10-25-15-9-13(20(22)23)6-7-14(15)19-16/h2-7,9H,8,10H2,1H3,(H,18,19). The summed E-state index contributed by atoms with van der Waals surface area (Å²) in [6.07, 6.45) is 0.215. The fourth-order valence-electron chi connectivity index (χ4n) is 2.32. The van der Waals surface area contributed by atoms with Crippen LogP contribution in [-0.2, 0) is 16.0 Å².